The summed E-state index contributed by atoms with van der Waals surface area (Å²) in [6, 6.07) is 9.98. The molecule has 0 fully saturated rings. The molecule has 0 saturated heterocycles. The monoisotopic (exact) mass is 379 g/mol. The van der Waals surface area contributed by atoms with Crippen LogP contribution in [0.4, 0.5) is 10.1 Å². The lowest BCUT2D eigenvalue weighted by Gasteiger charge is -2.10. The minimum absolute atomic E-state index is 0.0375. The van der Waals surface area contributed by atoms with Gasteiger partial charge in [-0.15, -0.1) is 0 Å². The molecule has 3 aromatic rings. The van der Waals surface area contributed by atoms with Gasteiger partial charge in [-0.2, -0.15) is 0 Å². The van der Waals surface area contributed by atoms with Crippen LogP contribution in [-0.2, 0) is 4.79 Å². The highest BCUT2D eigenvalue weighted by Crippen LogP contribution is 2.20. The number of nitrogens with zero attached hydrogens (tertiary/aromatic N) is 2. The predicted molar refractivity (Wildman–Crippen MR) is 106 cm³/mol. The fraction of sp³-hybridized carbons (Fsp3) is 0.227. The number of aromatic nitrogens is 2. The predicted octanol–water partition coefficient (Wildman–Crippen LogP) is 4.54. The Balaban J connectivity index is 1.60. The number of carbonyl (C=O) groups is 2. The molecule has 0 radical (unpaired) electrons. The third-order valence-electron chi connectivity index (χ3n) is 4.72. The third kappa shape index (κ3) is 4.34. The fourth-order valence-corrected chi connectivity index (χ4v) is 2.92. The molecule has 3 rings (SSSR count). The van der Waals surface area contributed by atoms with Crippen LogP contribution in [0.5, 0.6) is 0 Å². The Hall–Kier alpha value is -3.28. The average Bonchev–Trinajstić information content (AvgIpc) is 3.08. The Morgan fingerprint density at radius 1 is 1.04 bits per heavy atom. The van der Waals surface area contributed by atoms with Crippen molar-refractivity contribution in [3.8, 4) is 5.69 Å². The summed E-state index contributed by atoms with van der Waals surface area (Å²) in [7, 11) is 0. The Kier molecular flexibility index (Phi) is 5.68. The van der Waals surface area contributed by atoms with Gasteiger partial charge < -0.3 is 9.88 Å². The molecule has 2 aromatic carbocycles. The number of halogens is 1. The first-order valence-electron chi connectivity index (χ1n) is 9.05. The summed E-state index contributed by atoms with van der Waals surface area (Å²) in [5.74, 6) is -0.218. The van der Waals surface area contributed by atoms with Crippen LogP contribution < -0.4 is 5.32 Å². The highest BCUT2D eigenvalue weighted by Gasteiger charge is 2.12. The van der Waals surface area contributed by atoms with Gasteiger partial charge in [0.1, 0.15) is 11.6 Å². The molecule has 0 aliphatic rings. The molecule has 1 N–H and O–H groups in total. The average molecular weight is 379 g/mol. The zero-order chi connectivity index (χ0) is 20.3. The number of aryl methyl sites for hydroxylation is 3. The van der Waals surface area contributed by atoms with Gasteiger partial charge in [-0.1, -0.05) is 12.1 Å². The van der Waals surface area contributed by atoms with Crippen LogP contribution in [0.2, 0.25) is 0 Å². The minimum Gasteiger partial charge on any atom is -0.326 e. The first-order chi connectivity index (χ1) is 13.3. The number of imidazole rings is 1. The number of hydrogen-bond donors (Lipinski definition) is 1. The molecule has 0 bridgehead atoms. The van der Waals surface area contributed by atoms with Gasteiger partial charge in [-0.05, 0) is 56.2 Å². The van der Waals surface area contributed by atoms with E-state index in [-0.39, 0.29) is 24.5 Å². The van der Waals surface area contributed by atoms with Crippen molar-refractivity contribution in [3.63, 3.8) is 0 Å². The van der Waals surface area contributed by atoms with Gasteiger partial charge >= 0.3 is 0 Å². The van der Waals surface area contributed by atoms with Gasteiger partial charge in [0.15, 0.2) is 5.78 Å². The first-order valence-corrected chi connectivity index (χ1v) is 9.05. The Morgan fingerprint density at radius 2 is 1.82 bits per heavy atom. The van der Waals surface area contributed by atoms with Crippen molar-refractivity contribution >= 4 is 17.4 Å². The third-order valence-corrected chi connectivity index (χ3v) is 4.72. The van der Waals surface area contributed by atoms with Crippen LogP contribution in [-0.4, -0.2) is 21.2 Å². The van der Waals surface area contributed by atoms with Crippen molar-refractivity contribution in [1.29, 1.82) is 0 Å². The van der Waals surface area contributed by atoms with Crippen molar-refractivity contribution in [1.82, 2.24) is 9.55 Å². The maximum atomic E-state index is 14.4. The van der Waals surface area contributed by atoms with E-state index in [9.17, 15) is 14.0 Å². The van der Waals surface area contributed by atoms with Crippen LogP contribution in [0.3, 0.4) is 0 Å². The molecule has 0 saturated carbocycles. The topological polar surface area (TPSA) is 64.0 Å². The van der Waals surface area contributed by atoms with Crippen molar-refractivity contribution in [2.24, 2.45) is 0 Å². The normalized spacial score (nSPS) is 10.7. The quantitative estimate of drug-likeness (QED) is 0.640. The van der Waals surface area contributed by atoms with E-state index in [1.165, 1.54) is 6.07 Å². The minimum atomic E-state index is -0.467. The first kappa shape index (κ1) is 19.5. The van der Waals surface area contributed by atoms with E-state index >= 15 is 0 Å². The number of benzene rings is 2. The summed E-state index contributed by atoms with van der Waals surface area (Å²) >= 11 is 0. The summed E-state index contributed by atoms with van der Waals surface area (Å²) in [5, 5.41) is 2.64. The molecule has 0 aliphatic carbocycles. The maximum absolute atomic E-state index is 14.4. The van der Waals surface area contributed by atoms with Gasteiger partial charge in [0.2, 0.25) is 5.91 Å². The molecule has 0 atom stereocenters. The molecule has 5 nitrogen and oxygen atoms in total. The van der Waals surface area contributed by atoms with E-state index in [0.29, 0.717) is 22.8 Å². The Morgan fingerprint density at radius 3 is 2.46 bits per heavy atom. The van der Waals surface area contributed by atoms with Crippen molar-refractivity contribution in [2.75, 3.05) is 5.32 Å². The van der Waals surface area contributed by atoms with Crippen LogP contribution in [0.1, 0.15) is 40.2 Å². The Labute approximate surface area is 163 Å². The van der Waals surface area contributed by atoms with E-state index in [0.717, 1.165) is 11.1 Å². The van der Waals surface area contributed by atoms with Gasteiger partial charge in [-0.25, -0.2) is 9.37 Å². The van der Waals surface area contributed by atoms with Crippen LogP contribution in [0.25, 0.3) is 5.69 Å². The lowest BCUT2D eigenvalue weighted by molar-refractivity contribution is -0.116. The summed E-state index contributed by atoms with van der Waals surface area (Å²) in [5.41, 5.74) is 3.47. The number of ketones is 1. The van der Waals surface area contributed by atoms with E-state index in [2.05, 4.69) is 10.3 Å². The lowest BCUT2D eigenvalue weighted by atomic mass is 10.0. The Bertz CT molecular complexity index is 1040. The molecule has 6 heteroatoms. The summed E-state index contributed by atoms with van der Waals surface area (Å²) in [6.45, 7) is 5.71. The molecule has 0 unspecified atom stereocenters. The molecule has 144 valence electrons. The molecular weight excluding hydrogens is 357 g/mol. The van der Waals surface area contributed by atoms with Crippen molar-refractivity contribution < 1.29 is 14.0 Å². The van der Waals surface area contributed by atoms with Crippen molar-refractivity contribution in [3.05, 3.63) is 77.1 Å². The number of rotatable bonds is 6. The van der Waals surface area contributed by atoms with E-state index in [1.807, 2.05) is 26.0 Å². The largest absolute Gasteiger partial charge is 0.326 e. The van der Waals surface area contributed by atoms with Gasteiger partial charge in [0, 0.05) is 36.5 Å². The summed E-state index contributed by atoms with van der Waals surface area (Å²) in [4.78, 5) is 28.5. The smallest absolute Gasteiger partial charge is 0.224 e. The van der Waals surface area contributed by atoms with Gasteiger partial charge in [0.25, 0.3) is 0 Å². The highest BCUT2D eigenvalue weighted by molar-refractivity contribution is 6.00. The number of hydrogen-bond acceptors (Lipinski definition) is 3. The SMILES string of the molecule is Cc1ccc(C(=O)CCC(=O)Nc2ccc(-n3ccnc3C)c(F)c2)cc1C. The standard InChI is InChI=1S/C22H22FN3O2/c1-14-4-5-17(12-15(14)2)21(27)8-9-22(28)25-18-6-7-20(19(23)13-18)26-11-10-24-16(26)3/h4-7,10-13H,8-9H2,1-3H3,(H,25,28). The van der Waals surface area contributed by atoms with E-state index in [4.69, 9.17) is 0 Å². The summed E-state index contributed by atoms with van der Waals surface area (Å²) < 4.78 is 16.0. The van der Waals surface area contributed by atoms with E-state index in [1.54, 1.807) is 42.1 Å². The zero-order valence-corrected chi connectivity index (χ0v) is 16.1. The molecule has 1 aromatic heterocycles. The number of carbonyl (C=O) groups excluding carboxylic acids is 2. The molecule has 1 amide bonds. The summed E-state index contributed by atoms with van der Waals surface area (Å²) in [6.07, 6.45) is 3.40. The van der Waals surface area contributed by atoms with Crippen molar-refractivity contribution in [2.45, 2.75) is 33.6 Å². The molecule has 0 spiro atoms. The molecule has 0 aliphatic heterocycles. The molecule has 28 heavy (non-hydrogen) atoms. The second-order valence-corrected chi connectivity index (χ2v) is 6.78. The number of Topliss-reactive ketones (excluding diaryl/α,β-unsaturated/α-hetero) is 1. The maximum Gasteiger partial charge on any atom is 0.224 e. The van der Waals surface area contributed by atoms with Crippen LogP contribution in [0, 0.1) is 26.6 Å². The van der Waals surface area contributed by atoms with Gasteiger partial charge in [0.05, 0.1) is 5.69 Å². The number of nitrogens with one attached hydrogen (secondary N) is 1. The van der Waals surface area contributed by atoms with Crippen LogP contribution >= 0.6 is 0 Å². The number of anilines is 1. The number of amides is 1. The molecule has 1 heterocycles. The second-order valence-electron chi connectivity index (χ2n) is 6.78. The zero-order valence-electron chi connectivity index (χ0n) is 16.1. The van der Waals surface area contributed by atoms with Crippen LogP contribution in [0.15, 0.2) is 48.8 Å². The fourth-order valence-electron chi connectivity index (χ4n) is 2.92. The second kappa shape index (κ2) is 8.17. The van der Waals surface area contributed by atoms with E-state index < -0.39 is 5.82 Å². The van der Waals surface area contributed by atoms with Gasteiger partial charge in [-0.3, -0.25) is 9.59 Å². The highest BCUT2D eigenvalue weighted by atomic mass is 19.1. The molecular formula is C22H22FN3O2. The lowest BCUT2D eigenvalue weighted by Crippen LogP contribution is -2.14.